The van der Waals surface area contributed by atoms with Crippen molar-refractivity contribution in [1.29, 1.82) is 0 Å². The standard InChI is InChI=1S/C21H23.C17H18N.C2H6Si.2ClH.Zr/c1-14-12-19-15(2)6-11-18(20(19)13-14)16-7-9-17(10-8-16)21(3,4)5;1-12(2)14-10-15-9-13(3)18(17(15)11-14)16-7-5-4-6-8-16;1-3-2;;;/h6-13H,1-5H3;4-9,11-13H,1-3H3;1-2H3;2*1H;/q2*-1;;;;+2/p-2. The molecule has 0 saturated heterocycles. The van der Waals surface area contributed by atoms with E-state index in [1.807, 2.05) is 0 Å². The fourth-order valence-corrected chi connectivity index (χ4v) is 5.61. The molecule has 0 bridgehead atoms. The number of hydrogen-bond donors (Lipinski definition) is 0. The van der Waals surface area contributed by atoms with E-state index in [-0.39, 0.29) is 35.7 Å². The fourth-order valence-electron chi connectivity index (χ4n) is 5.61. The van der Waals surface area contributed by atoms with Gasteiger partial charge >= 0.3 is 41.9 Å². The van der Waals surface area contributed by atoms with Crippen LogP contribution in [0.5, 0.6) is 0 Å². The van der Waals surface area contributed by atoms with Crippen LogP contribution in [0, 0.1) is 25.8 Å². The Kier molecular flexibility index (Phi) is 14.5. The van der Waals surface area contributed by atoms with E-state index in [1.54, 1.807) is 23.3 Å². The van der Waals surface area contributed by atoms with Gasteiger partial charge < -0.3 is 29.7 Å². The summed E-state index contributed by atoms with van der Waals surface area (Å²) < 4.78 is 0. The van der Waals surface area contributed by atoms with Crippen LogP contribution in [0.2, 0.25) is 13.1 Å². The van der Waals surface area contributed by atoms with Crippen LogP contribution in [0.3, 0.4) is 0 Å². The number of anilines is 1. The van der Waals surface area contributed by atoms with E-state index >= 15 is 0 Å². The first-order valence-corrected chi connectivity index (χ1v) is 21.7. The third-order valence-corrected chi connectivity index (χ3v) is 7.89. The van der Waals surface area contributed by atoms with E-state index in [4.69, 9.17) is 0 Å². The van der Waals surface area contributed by atoms with Gasteiger partial charge in [-0.2, -0.15) is 6.07 Å². The quantitative estimate of drug-likeness (QED) is 0.211. The summed E-state index contributed by atoms with van der Waals surface area (Å²) in [4.78, 5) is 2.39. The Morgan fingerprint density at radius 2 is 1.51 bits per heavy atom. The van der Waals surface area contributed by atoms with E-state index in [9.17, 15) is 0 Å². The Morgan fingerprint density at radius 1 is 0.911 bits per heavy atom. The Morgan fingerprint density at radius 3 is 2.07 bits per heavy atom. The molecule has 1 atom stereocenters. The van der Waals surface area contributed by atoms with E-state index in [0.29, 0.717) is 12.0 Å². The molecule has 5 heteroatoms. The minimum Gasteiger partial charge on any atom is -1.00 e. The van der Waals surface area contributed by atoms with Gasteiger partial charge in [-0.05, 0) is 41.5 Å². The molecule has 0 amide bonds. The maximum Gasteiger partial charge on any atom is -0.0132 e. The van der Waals surface area contributed by atoms with Gasteiger partial charge in [-0.3, -0.25) is 0 Å². The number of hydrogen-bond acceptors (Lipinski definition) is 1. The first kappa shape index (κ1) is 39.1. The number of allylic oxidation sites excluding steroid dienone is 3. The maximum absolute atomic E-state index is 3.53. The minimum absolute atomic E-state index is 0. The molecular formula is C40H47Cl2NSiZr-2. The average Bonchev–Trinajstić information content (AvgIpc) is 3.61. The summed E-state index contributed by atoms with van der Waals surface area (Å²) >= 11 is 1.74. The minimum atomic E-state index is 0. The van der Waals surface area contributed by atoms with Crippen LogP contribution < -0.4 is 29.7 Å². The summed E-state index contributed by atoms with van der Waals surface area (Å²) in [6.45, 7) is 22.4. The Bertz CT molecular complexity index is 1680. The van der Waals surface area contributed by atoms with E-state index in [1.165, 1.54) is 61.1 Å². The molecule has 0 fully saturated rings. The van der Waals surface area contributed by atoms with Gasteiger partial charge in [0.2, 0.25) is 0 Å². The molecule has 236 valence electrons. The molecule has 1 aliphatic heterocycles. The van der Waals surface area contributed by atoms with Crippen molar-refractivity contribution in [3.8, 4) is 11.1 Å². The van der Waals surface area contributed by atoms with Crippen molar-refractivity contribution >= 4 is 21.9 Å². The van der Waals surface area contributed by atoms with Crippen molar-refractivity contribution in [3.63, 3.8) is 0 Å². The SMILES string of the molecule is CC(C)C1=[C-]C2=CC(C)N(c3ccccc3)C2=C1.C[Si](C)=[Zr+2].Cc1cc2c(-c3ccc(C(C)(C)C)cc3)ccc(C)c2[cH-]1.[Cl-].[Cl-]. The van der Waals surface area contributed by atoms with Crippen LogP contribution in [0.15, 0.2) is 108 Å². The number of nitrogens with zero attached hydrogens (tertiary/aromatic N) is 1. The molecule has 1 nitrogen and oxygen atoms in total. The molecule has 0 aromatic heterocycles. The predicted octanol–water partition coefficient (Wildman–Crippen LogP) is 5.04. The Balaban J connectivity index is 0.000000272. The molecule has 4 aromatic rings. The van der Waals surface area contributed by atoms with Gasteiger partial charge in [0.05, 0.1) is 0 Å². The van der Waals surface area contributed by atoms with Gasteiger partial charge in [0.1, 0.15) is 0 Å². The molecule has 1 aliphatic carbocycles. The van der Waals surface area contributed by atoms with Gasteiger partial charge in [-0.15, -0.1) is 63.4 Å². The van der Waals surface area contributed by atoms with Crippen molar-refractivity contribution < 1.29 is 48.1 Å². The molecular weight excluding hydrogens is 685 g/mol. The van der Waals surface area contributed by atoms with Crippen molar-refractivity contribution in [3.05, 3.63) is 131 Å². The number of benzene rings is 3. The van der Waals surface area contributed by atoms with Crippen molar-refractivity contribution in [2.75, 3.05) is 4.90 Å². The van der Waals surface area contributed by atoms with Crippen LogP contribution >= 0.6 is 0 Å². The van der Waals surface area contributed by atoms with Crippen molar-refractivity contribution in [2.24, 2.45) is 5.92 Å². The molecule has 0 radical (unpaired) electrons. The first-order valence-electron chi connectivity index (χ1n) is 15.5. The van der Waals surface area contributed by atoms with Gasteiger partial charge in [-0.1, -0.05) is 108 Å². The molecule has 45 heavy (non-hydrogen) atoms. The predicted molar refractivity (Wildman–Crippen MR) is 187 cm³/mol. The second kappa shape index (κ2) is 16.7. The van der Waals surface area contributed by atoms with Gasteiger partial charge in [0.15, 0.2) is 0 Å². The maximum atomic E-state index is 3.53. The van der Waals surface area contributed by atoms with Crippen LogP contribution in [0.4, 0.5) is 5.69 Å². The van der Waals surface area contributed by atoms with Crippen LogP contribution in [-0.2, 0) is 28.8 Å². The molecule has 0 saturated carbocycles. The third-order valence-electron chi connectivity index (χ3n) is 7.89. The molecule has 2 aliphatic rings. The summed E-state index contributed by atoms with van der Waals surface area (Å²) in [5, 5.41) is 2.75. The van der Waals surface area contributed by atoms with Gasteiger partial charge in [-0.25, -0.2) is 0 Å². The molecule has 4 aromatic carbocycles. The fraction of sp³-hybridized carbons (Fsp3) is 0.325. The number of rotatable bonds is 3. The summed E-state index contributed by atoms with van der Waals surface area (Å²) in [7, 11) is 0. The normalized spacial score (nSPS) is 15.0. The smallest absolute Gasteiger partial charge is 0.0132 e. The van der Waals surface area contributed by atoms with Gasteiger partial charge in [0.25, 0.3) is 0 Å². The monoisotopic (exact) mass is 729 g/mol. The summed E-state index contributed by atoms with van der Waals surface area (Å²) in [6.07, 6.45) is 8.11. The molecule has 1 unspecified atom stereocenters. The van der Waals surface area contributed by atoms with Crippen LogP contribution in [-0.4, -0.2) is 11.5 Å². The summed E-state index contributed by atoms with van der Waals surface area (Å²) in [5.41, 5.74) is 12.3. The van der Waals surface area contributed by atoms with Gasteiger partial charge in [0, 0.05) is 11.7 Å². The second-order valence-corrected chi connectivity index (χ2v) is 22.8. The van der Waals surface area contributed by atoms with Crippen LogP contribution in [0.25, 0.3) is 21.9 Å². The van der Waals surface area contributed by atoms with Crippen molar-refractivity contribution in [2.45, 2.75) is 79.9 Å². The van der Waals surface area contributed by atoms with Crippen molar-refractivity contribution in [1.82, 2.24) is 0 Å². The zero-order valence-electron chi connectivity index (χ0n) is 28.5. The van der Waals surface area contributed by atoms with Crippen LogP contribution in [0.1, 0.15) is 58.2 Å². The average molecular weight is 732 g/mol. The zero-order valence-corrected chi connectivity index (χ0v) is 33.5. The third kappa shape index (κ3) is 9.74. The molecule has 6 rings (SSSR count). The van der Waals surface area contributed by atoms with E-state index in [0.717, 1.165) is 0 Å². The molecule has 0 spiro atoms. The Labute approximate surface area is 300 Å². The second-order valence-electron chi connectivity index (χ2n) is 13.4. The summed E-state index contributed by atoms with van der Waals surface area (Å²) in [6, 6.07) is 29.1. The number of halogens is 2. The number of para-hydroxylation sites is 1. The Hall–Kier alpha value is -2.03. The summed E-state index contributed by atoms with van der Waals surface area (Å²) in [5.74, 6) is 0.539. The topological polar surface area (TPSA) is 3.24 Å². The molecule has 0 N–H and O–H groups in total. The number of aryl methyl sites for hydroxylation is 2. The van der Waals surface area contributed by atoms with E-state index < -0.39 is 0 Å². The largest absolute Gasteiger partial charge is 1.00 e. The van der Waals surface area contributed by atoms with E-state index in [2.05, 4.69) is 170 Å². The first-order chi connectivity index (χ1) is 20.3. The number of fused-ring (bicyclic) bond motifs is 2. The molecule has 1 heterocycles. The zero-order chi connectivity index (χ0) is 31.5.